The van der Waals surface area contributed by atoms with Gasteiger partial charge in [0.1, 0.15) is 11.5 Å². The highest BCUT2D eigenvalue weighted by Crippen LogP contribution is 2.33. The zero-order valence-electron chi connectivity index (χ0n) is 17.4. The average molecular weight is 404 g/mol. The first-order valence-electron chi connectivity index (χ1n) is 10.7. The highest BCUT2D eigenvalue weighted by molar-refractivity contribution is 5.38. The van der Waals surface area contributed by atoms with Gasteiger partial charge in [-0.25, -0.2) is 0 Å². The lowest BCUT2D eigenvalue weighted by atomic mass is 9.89. The molecule has 1 fully saturated rings. The van der Waals surface area contributed by atoms with Gasteiger partial charge in [-0.1, -0.05) is 49.4 Å². The lowest BCUT2D eigenvalue weighted by molar-refractivity contribution is 0.00465. The number of ether oxygens (including phenoxy) is 2. The third-order valence-corrected chi connectivity index (χ3v) is 5.74. The maximum absolute atomic E-state index is 10.0. The highest BCUT2D eigenvalue weighted by Gasteiger charge is 2.26. The fraction of sp³-hybridized carbons (Fsp3) is 0.308. The van der Waals surface area contributed by atoms with Crippen LogP contribution < -0.4 is 9.47 Å². The van der Waals surface area contributed by atoms with Crippen molar-refractivity contribution in [2.45, 2.75) is 38.3 Å². The summed E-state index contributed by atoms with van der Waals surface area (Å²) in [6, 6.07) is 25.6. The monoisotopic (exact) mass is 403 g/mol. The maximum atomic E-state index is 10.0. The summed E-state index contributed by atoms with van der Waals surface area (Å²) in [5.74, 6) is 3.02. The Hall–Kier alpha value is -2.98. The molecule has 1 atom stereocenters. The van der Waals surface area contributed by atoms with E-state index in [9.17, 15) is 5.11 Å². The molecule has 1 unspecified atom stereocenters. The molecule has 0 aliphatic carbocycles. The van der Waals surface area contributed by atoms with Crippen LogP contribution in [0, 0.1) is 0 Å². The van der Waals surface area contributed by atoms with Crippen LogP contribution in [0.1, 0.15) is 37.7 Å². The van der Waals surface area contributed by atoms with Crippen molar-refractivity contribution in [1.82, 2.24) is 4.90 Å². The number of phenolic OH excluding ortho intramolecular Hbond substituents is 1. The van der Waals surface area contributed by atoms with Crippen LogP contribution >= 0.6 is 0 Å². The minimum Gasteiger partial charge on any atom is -0.504 e. The van der Waals surface area contributed by atoms with E-state index in [-0.39, 0.29) is 12.0 Å². The predicted molar refractivity (Wildman–Crippen MR) is 119 cm³/mol. The normalized spacial score (nSPS) is 16.2. The Kier molecular flexibility index (Phi) is 6.55. The second-order valence-corrected chi connectivity index (χ2v) is 7.74. The standard InChI is InChI=1S/C26H29NO3/c1-2-26(30-25-11-7-6-10-24(25)28)27-18-16-21(17-19-27)20-12-14-23(15-13-20)29-22-8-4-3-5-9-22/h3-15,21,26,28H,2,16-19H2,1H3. The SMILES string of the molecule is CCC(Oc1ccccc1O)N1CCC(c2ccc(Oc3ccccc3)cc2)CC1. The molecule has 4 rings (SSSR count). The van der Waals surface area contributed by atoms with Crippen LogP contribution in [0.4, 0.5) is 0 Å². The van der Waals surface area contributed by atoms with E-state index in [1.165, 1.54) is 5.56 Å². The second kappa shape index (κ2) is 9.68. The molecular weight excluding hydrogens is 374 g/mol. The Balaban J connectivity index is 1.33. The van der Waals surface area contributed by atoms with E-state index in [2.05, 4.69) is 36.1 Å². The minimum absolute atomic E-state index is 0.0131. The number of aromatic hydroxyl groups is 1. The Labute approximate surface area is 178 Å². The van der Waals surface area contributed by atoms with Crippen molar-refractivity contribution in [3.8, 4) is 23.0 Å². The van der Waals surface area contributed by atoms with Crippen LogP contribution in [0.25, 0.3) is 0 Å². The summed E-state index contributed by atoms with van der Waals surface area (Å²) in [7, 11) is 0. The number of hydrogen-bond acceptors (Lipinski definition) is 4. The Morgan fingerprint density at radius 3 is 2.17 bits per heavy atom. The van der Waals surface area contributed by atoms with Crippen LogP contribution in [-0.2, 0) is 0 Å². The minimum atomic E-state index is -0.0131. The fourth-order valence-electron chi connectivity index (χ4n) is 4.07. The molecule has 4 heteroatoms. The van der Waals surface area contributed by atoms with Gasteiger partial charge < -0.3 is 14.6 Å². The molecule has 0 radical (unpaired) electrons. The van der Waals surface area contributed by atoms with Gasteiger partial charge in [-0.2, -0.15) is 0 Å². The number of piperidine rings is 1. The Morgan fingerprint density at radius 2 is 1.50 bits per heavy atom. The van der Waals surface area contributed by atoms with E-state index in [1.807, 2.05) is 48.5 Å². The third kappa shape index (κ3) is 4.95. The number of likely N-dealkylation sites (tertiary alicyclic amines) is 1. The van der Waals surface area contributed by atoms with Crippen molar-refractivity contribution in [2.75, 3.05) is 13.1 Å². The molecule has 3 aromatic rings. The molecular formula is C26H29NO3. The lowest BCUT2D eigenvalue weighted by Gasteiger charge is -2.37. The zero-order valence-corrected chi connectivity index (χ0v) is 17.4. The largest absolute Gasteiger partial charge is 0.504 e. The quantitative estimate of drug-likeness (QED) is 0.511. The van der Waals surface area contributed by atoms with E-state index in [0.29, 0.717) is 11.7 Å². The van der Waals surface area contributed by atoms with Crippen LogP contribution in [0.15, 0.2) is 78.9 Å². The summed E-state index contributed by atoms with van der Waals surface area (Å²) in [5.41, 5.74) is 1.37. The first-order chi connectivity index (χ1) is 14.7. The number of para-hydroxylation sites is 3. The van der Waals surface area contributed by atoms with Gasteiger partial charge in [0.25, 0.3) is 0 Å². The Bertz CT molecular complexity index is 919. The van der Waals surface area contributed by atoms with E-state index in [4.69, 9.17) is 9.47 Å². The van der Waals surface area contributed by atoms with Gasteiger partial charge >= 0.3 is 0 Å². The molecule has 1 N–H and O–H groups in total. The molecule has 0 aromatic heterocycles. The van der Waals surface area contributed by atoms with E-state index < -0.39 is 0 Å². The number of phenols is 1. The van der Waals surface area contributed by atoms with Crippen molar-refractivity contribution in [3.05, 3.63) is 84.4 Å². The summed E-state index contributed by atoms with van der Waals surface area (Å²) in [4.78, 5) is 2.38. The summed E-state index contributed by atoms with van der Waals surface area (Å²) in [6.07, 6.45) is 3.06. The highest BCUT2D eigenvalue weighted by atomic mass is 16.5. The summed E-state index contributed by atoms with van der Waals surface area (Å²) in [6.45, 7) is 4.10. The van der Waals surface area contributed by atoms with E-state index in [0.717, 1.165) is 43.9 Å². The molecule has 1 aliphatic rings. The first kappa shape index (κ1) is 20.3. The Morgan fingerprint density at radius 1 is 0.867 bits per heavy atom. The smallest absolute Gasteiger partial charge is 0.163 e. The molecule has 4 nitrogen and oxygen atoms in total. The molecule has 0 bridgehead atoms. The van der Waals surface area contributed by atoms with Crippen LogP contribution in [0.2, 0.25) is 0 Å². The van der Waals surface area contributed by atoms with Gasteiger partial charge in [-0.15, -0.1) is 0 Å². The van der Waals surface area contributed by atoms with Crippen molar-refractivity contribution < 1.29 is 14.6 Å². The third-order valence-electron chi connectivity index (χ3n) is 5.74. The molecule has 3 aromatic carbocycles. The summed E-state index contributed by atoms with van der Waals surface area (Å²) in [5, 5.41) is 10.0. The maximum Gasteiger partial charge on any atom is 0.163 e. The predicted octanol–water partition coefficient (Wildman–Crippen LogP) is 6.18. The number of rotatable bonds is 7. The average Bonchev–Trinajstić information content (AvgIpc) is 2.80. The molecule has 156 valence electrons. The first-order valence-corrected chi connectivity index (χ1v) is 10.7. The van der Waals surface area contributed by atoms with Crippen molar-refractivity contribution >= 4 is 0 Å². The second-order valence-electron chi connectivity index (χ2n) is 7.74. The molecule has 30 heavy (non-hydrogen) atoms. The van der Waals surface area contributed by atoms with Crippen molar-refractivity contribution in [1.29, 1.82) is 0 Å². The van der Waals surface area contributed by atoms with Crippen molar-refractivity contribution in [2.24, 2.45) is 0 Å². The van der Waals surface area contributed by atoms with Gasteiger partial charge in [0.2, 0.25) is 0 Å². The van der Waals surface area contributed by atoms with Crippen LogP contribution in [-0.4, -0.2) is 29.3 Å². The van der Waals surface area contributed by atoms with E-state index in [1.54, 1.807) is 6.07 Å². The zero-order chi connectivity index (χ0) is 20.8. The molecule has 0 spiro atoms. The van der Waals surface area contributed by atoms with Gasteiger partial charge in [0, 0.05) is 13.1 Å². The number of nitrogens with zero attached hydrogens (tertiary/aromatic N) is 1. The molecule has 0 saturated carbocycles. The van der Waals surface area contributed by atoms with Crippen LogP contribution in [0.3, 0.4) is 0 Å². The molecule has 1 heterocycles. The van der Waals surface area contributed by atoms with Crippen LogP contribution in [0.5, 0.6) is 23.0 Å². The van der Waals surface area contributed by atoms with Crippen molar-refractivity contribution in [3.63, 3.8) is 0 Å². The van der Waals surface area contributed by atoms with Gasteiger partial charge in [-0.3, -0.25) is 4.90 Å². The van der Waals surface area contributed by atoms with Gasteiger partial charge in [0.05, 0.1) is 0 Å². The summed E-state index contributed by atoms with van der Waals surface area (Å²) >= 11 is 0. The number of benzene rings is 3. The molecule has 0 amide bonds. The summed E-state index contributed by atoms with van der Waals surface area (Å²) < 4.78 is 12.0. The van der Waals surface area contributed by atoms with E-state index >= 15 is 0 Å². The topological polar surface area (TPSA) is 41.9 Å². The fourth-order valence-corrected chi connectivity index (χ4v) is 4.07. The van der Waals surface area contributed by atoms with Gasteiger partial charge in [0.15, 0.2) is 17.7 Å². The molecule has 1 saturated heterocycles. The molecule has 1 aliphatic heterocycles. The number of hydrogen-bond donors (Lipinski definition) is 1. The lowest BCUT2D eigenvalue weighted by Crippen LogP contribution is -2.43. The van der Waals surface area contributed by atoms with Gasteiger partial charge in [-0.05, 0) is 67.1 Å².